The number of hydrogen-bond donors (Lipinski definition) is 0. The second kappa shape index (κ2) is 12.9. The van der Waals surface area contributed by atoms with Crippen molar-refractivity contribution in [3.05, 3.63) is 25.5 Å². The van der Waals surface area contributed by atoms with Crippen LogP contribution in [0.5, 0.6) is 0 Å². The first kappa shape index (κ1) is 21.2. The molecule has 0 aromatic heterocycles. The molecule has 0 rings (SSSR count). The van der Waals surface area contributed by atoms with Crippen LogP contribution in [-0.4, -0.2) is 27.2 Å². The van der Waals surface area contributed by atoms with Crippen LogP contribution in [0.4, 0.5) is 0 Å². The first-order valence-corrected chi connectivity index (χ1v) is 5.64. The largest absolute Gasteiger partial charge is 1.00 e. The molecule has 0 N–H and O–H groups in total. The molecule has 0 aliphatic heterocycles. The number of carbonyl (C=O) groups excluding carboxylic acids is 1. The Labute approximate surface area is 119 Å². The molecule has 0 aliphatic carbocycles. The standard InChI is InChI=1S/C5H5O2.C4H10O3S.Na/c1-3-5(6)7-4-2;1-3-4-8(5,6)7-2;/h3H,1-2H2;3-4H2,1-2H3;/q-1;;+1. The second-order valence-corrected chi connectivity index (χ2v) is 4.05. The van der Waals surface area contributed by atoms with E-state index in [1.807, 2.05) is 6.26 Å². The van der Waals surface area contributed by atoms with E-state index in [2.05, 4.69) is 22.1 Å². The van der Waals surface area contributed by atoms with Gasteiger partial charge in [0.2, 0.25) is 0 Å². The molecule has 0 aromatic carbocycles. The molecule has 0 aliphatic rings. The minimum Gasteiger partial charge on any atom is -0.615 e. The van der Waals surface area contributed by atoms with E-state index in [0.717, 1.165) is 6.08 Å². The van der Waals surface area contributed by atoms with Crippen LogP contribution >= 0.6 is 0 Å². The normalized spacial score (nSPS) is 8.88. The third kappa shape index (κ3) is 16.3. The number of carbonyl (C=O) groups is 1. The summed E-state index contributed by atoms with van der Waals surface area (Å²) in [5.41, 5.74) is 0. The fourth-order valence-electron chi connectivity index (χ4n) is 0.446. The Morgan fingerprint density at radius 2 is 2.00 bits per heavy atom. The summed E-state index contributed by atoms with van der Waals surface area (Å²) in [5, 5.41) is 0. The average Bonchev–Trinajstić information content (AvgIpc) is 2.19. The van der Waals surface area contributed by atoms with Crippen LogP contribution in [0.1, 0.15) is 13.3 Å². The summed E-state index contributed by atoms with van der Waals surface area (Å²) in [6.07, 6.45) is 3.59. The monoisotopic (exact) mass is 258 g/mol. The van der Waals surface area contributed by atoms with Crippen molar-refractivity contribution in [1.29, 1.82) is 0 Å². The number of hydrogen-bond acceptors (Lipinski definition) is 5. The quantitative estimate of drug-likeness (QED) is 0.143. The van der Waals surface area contributed by atoms with Crippen LogP contribution in [-0.2, 0) is 23.8 Å². The van der Waals surface area contributed by atoms with Crippen molar-refractivity contribution in [2.45, 2.75) is 13.3 Å². The maximum Gasteiger partial charge on any atom is 1.00 e. The van der Waals surface area contributed by atoms with Crippen LogP contribution in [0, 0.1) is 6.26 Å². The van der Waals surface area contributed by atoms with Gasteiger partial charge in [0.1, 0.15) is 0 Å². The van der Waals surface area contributed by atoms with Crippen molar-refractivity contribution in [3.8, 4) is 0 Å². The smallest absolute Gasteiger partial charge is 0.615 e. The van der Waals surface area contributed by atoms with Crippen molar-refractivity contribution in [3.63, 3.8) is 0 Å². The van der Waals surface area contributed by atoms with E-state index in [1.165, 1.54) is 7.11 Å². The van der Waals surface area contributed by atoms with Gasteiger partial charge in [-0.3, -0.25) is 4.18 Å². The SMILES string of the molecule is C=[C-]OC(=O)C=C.CCCS(=O)(=O)OC.[Na+]. The van der Waals surface area contributed by atoms with Crippen molar-refractivity contribution < 1.29 is 51.7 Å². The van der Waals surface area contributed by atoms with E-state index in [1.54, 1.807) is 6.92 Å². The molecule has 0 radical (unpaired) electrons. The average molecular weight is 258 g/mol. The minimum absolute atomic E-state index is 0. The predicted octanol–water partition coefficient (Wildman–Crippen LogP) is -1.96. The van der Waals surface area contributed by atoms with Gasteiger partial charge in [-0.2, -0.15) is 15.0 Å². The van der Waals surface area contributed by atoms with E-state index in [0.29, 0.717) is 6.42 Å². The molecule has 88 valence electrons. The van der Waals surface area contributed by atoms with Gasteiger partial charge in [-0.15, -0.1) is 6.58 Å². The molecule has 0 spiro atoms. The molecule has 0 aromatic rings. The molecule has 16 heavy (non-hydrogen) atoms. The summed E-state index contributed by atoms with van der Waals surface area (Å²) in [6, 6.07) is 0. The van der Waals surface area contributed by atoms with Gasteiger partial charge < -0.3 is 9.53 Å². The third-order valence-electron chi connectivity index (χ3n) is 1.05. The van der Waals surface area contributed by atoms with Gasteiger partial charge in [-0.05, 0) is 6.42 Å². The zero-order chi connectivity index (χ0) is 12.3. The number of rotatable bonds is 5. The molecule has 0 heterocycles. The van der Waals surface area contributed by atoms with Crippen LogP contribution < -0.4 is 29.6 Å². The summed E-state index contributed by atoms with van der Waals surface area (Å²) in [5.74, 6) is -0.418. The van der Waals surface area contributed by atoms with E-state index in [9.17, 15) is 13.2 Å². The zero-order valence-electron chi connectivity index (χ0n) is 9.86. The van der Waals surface area contributed by atoms with Crippen molar-refractivity contribution >= 4 is 16.1 Å². The van der Waals surface area contributed by atoms with Gasteiger partial charge in [0, 0.05) is 0 Å². The molecule has 0 saturated carbocycles. The molecule has 0 saturated heterocycles. The van der Waals surface area contributed by atoms with Crippen LogP contribution in [0.3, 0.4) is 0 Å². The fourth-order valence-corrected chi connectivity index (χ4v) is 1.11. The van der Waals surface area contributed by atoms with Crippen molar-refractivity contribution in [2.75, 3.05) is 12.9 Å². The molecular formula is C9H15NaO5S. The van der Waals surface area contributed by atoms with E-state index >= 15 is 0 Å². The zero-order valence-corrected chi connectivity index (χ0v) is 12.7. The van der Waals surface area contributed by atoms with Gasteiger partial charge in [-0.1, -0.05) is 19.3 Å². The molecule has 5 nitrogen and oxygen atoms in total. The molecule has 7 heteroatoms. The first-order valence-electron chi connectivity index (χ1n) is 4.07. The maximum absolute atomic E-state index is 10.4. The fraction of sp³-hybridized carbons (Fsp3) is 0.444. The molecule has 0 amide bonds. The van der Waals surface area contributed by atoms with Crippen molar-refractivity contribution in [1.82, 2.24) is 0 Å². The summed E-state index contributed by atoms with van der Waals surface area (Å²) in [6.45, 7) is 7.96. The Balaban J connectivity index is -0.000000200. The van der Waals surface area contributed by atoms with Crippen LogP contribution in [0.2, 0.25) is 0 Å². The first-order chi connectivity index (χ1) is 6.93. The third-order valence-corrected chi connectivity index (χ3v) is 2.46. The summed E-state index contributed by atoms with van der Waals surface area (Å²) in [4.78, 5) is 9.97. The van der Waals surface area contributed by atoms with Gasteiger partial charge in [0.15, 0.2) is 5.97 Å². The Morgan fingerprint density at radius 1 is 1.50 bits per heavy atom. The van der Waals surface area contributed by atoms with Gasteiger partial charge in [0.25, 0.3) is 10.1 Å². The molecule has 0 unspecified atom stereocenters. The Bertz CT molecular complexity index is 297. The Hall–Kier alpha value is -0.140. The van der Waals surface area contributed by atoms with E-state index in [-0.39, 0.29) is 35.3 Å². The van der Waals surface area contributed by atoms with Gasteiger partial charge in [-0.25, -0.2) is 0 Å². The number of esters is 1. The van der Waals surface area contributed by atoms with Gasteiger partial charge >= 0.3 is 29.6 Å². The van der Waals surface area contributed by atoms with Crippen molar-refractivity contribution in [2.24, 2.45) is 0 Å². The summed E-state index contributed by atoms with van der Waals surface area (Å²) in [7, 11) is -2.00. The maximum atomic E-state index is 10.4. The summed E-state index contributed by atoms with van der Waals surface area (Å²) >= 11 is 0. The predicted molar refractivity (Wildman–Crippen MR) is 56.2 cm³/mol. The molecule has 0 bridgehead atoms. The minimum atomic E-state index is -3.17. The molecular weight excluding hydrogens is 243 g/mol. The second-order valence-electron chi connectivity index (χ2n) is 2.20. The molecule has 0 fully saturated rings. The Morgan fingerprint density at radius 3 is 2.12 bits per heavy atom. The number of ether oxygens (including phenoxy) is 1. The molecule has 0 atom stereocenters. The summed E-state index contributed by atoms with van der Waals surface area (Å²) < 4.78 is 29.0. The van der Waals surface area contributed by atoms with E-state index < -0.39 is 16.1 Å². The van der Waals surface area contributed by atoms with Crippen LogP contribution in [0.15, 0.2) is 19.2 Å². The topological polar surface area (TPSA) is 69.7 Å². The van der Waals surface area contributed by atoms with E-state index in [4.69, 9.17) is 0 Å². The van der Waals surface area contributed by atoms with Crippen LogP contribution in [0.25, 0.3) is 0 Å². The van der Waals surface area contributed by atoms with Gasteiger partial charge in [0.05, 0.1) is 12.9 Å². The Kier molecular flexibility index (Phi) is 17.1.